The van der Waals surface area contributed by atoms with Crippen molar-refractivity contribution in [1.82, 2.24) is 0 Å². The lowest BCUT2D eigenvalue weighted by atomic mass is 10.1. The third kappa shape index (κ3) is 4.68. The first-order chi connectivity index (χ1) is 14.8. The monoisotopic (exact) mass is 480 g/mol. The molecule has 2 fully saturated rings. The molecule has 0 aromatic heterocycles. The molecule has 0 aliphatic carbocycles. The molecule has 2 saturated heterocycles. The maximum absolute atomic E-state index is 12.8. The molecule has 2 atom stereocenters. The van der Waals surface area contributed by atoms with Crippen molar-refractivity contribution in [3.8, 4) is 11.5 Å². The normalized spacial score (nSPS) is 23.1. The molecule has 4 rings (SSSR count). The van der Waals surface area contributed by atoms with Crippen molar-refractivity contribution in [2.45, 2.75) is 17.7 Å². The second-order valence-electron chi connectivity index (χ2n) is 7.30. The summed E-state index contributed by atoms with van der Waals surface area (Å²) in [7, 11) is -0.0472. The molecular formula is C21H21ClN2O5S2. The van der Waals surface area contributed by atoms with Gasteiger partial charge in [0.2, 0.25) is 0 Å². The lowest BCUT2D eigenvalue weighted by molar-refractivity contribution is -0.117. The molecule has 2 aromatic carbocycles. The number of ether oxygens (including phenoxy) is 2. The predicted molar refractivity (Wildman–Crippen MR) is 123 cm³/mol. The van der Waals surface area contributed by atoms with Crippen LogP contribution in [0.2, 0.25) is 5.02 Å². The van der Waals surface area contributed by atoms with Gasteiger partial charge in [0.05, 0.1) is 38.2 Å². The van der Waals surface area contributed by atoms with Crippen molar-refractivity contribution in [2.24, 2.45) is 4.99 Å². The standard InChI is InChI=1S/C21H21ClN2O5S2/c1-28-17-7-6-13(8-18(17)29-2)9-20(25)23-21-24(15-5-3-4-14(22)10-15)16-11-31(26,27)12-19(16)30-21/h3-8,10,16,19H,9,11-12H2,1-2H3. The Bertz CT molecular complexity index is 1150. The van der Waals surface area contributed by atoms with E-state index in [9.17, 15) is 13.2 Å². The molecule has 10 heteroatoms. The number of methoxy groups -OCH3 is 2. The number of hydrogen-bond acceptors (Lipinski definition) is 6. The van der Waals surface area contributed by atoms with E-state index in [0.717, 1.165) is 11.3 Å². The summed E-state index contributed by atoms with van der Waals surface area (Å²) in [4.78, 5) is 18.9. The fraction of sp³-hybridized carbons (Fsp3) is 0.333. The molecule has 0 spiro atoms. The van der Waals surface area contributed by atoms with Crippen LogP contribution in [0.1, 0.15) is 5.56 Å². The van der Waals surface area contributed by atoms with Gasteiger partial charge in [0.1, 0.15) is 0 Å². The van der Waals surface area contributed by atoms with Crippen molar-refractivity contribution in [3.63, 3.8) is 0 Å². The van der Waals surface area contributed by atoms with Gasteiger partial charge in [-0.1, -0.05) is 35.5 Å². The van der Waals surface area contributed by atoms with E-state index in [1.807, 2.05) is 11.0 Å². The summed E-state index contributed by atoms with van der Waals surface area (Å²) >= 11 is 7.49. The van der Waals surface area contributed by atoms with Gasteiger partial charge in [-0.25, -0.2) is 8.42 Å². The number of amidine groups is 1. The summed E-state index contributed by atoms with van der Waals surface area (Å²) in [5.41, 5.74) is 1.47. The third-order valence-corrected chi connectivity index (χ3v) is 8.62. The number of thioether (sulfide) groups is 1. The van der Waals surface area contributed by atoms with Crippen molar-refractivity contribution in [3.05, 3.63) is 53.1 Å². The molecule has 2 unspecified atom stereocenters. The average molecular weight is 481 g/mol. The van der Waals surface area contributed by atoms with E-state index in [0.29, 0.717) is 21.7 Å². The van der Waals surface area contributed by atoms with Crippen LogP contribution in [0.4, 0.5) is 5.69 Å². The quantitative estimate of drug-likeness (QED) is 0.649. The van der Waals surface area contributed by atoms with Crippen molar-refractivity contribution in [2.75, 3.05) is 30.6 Å². The van der Waals surface area contributed by atoms with Gasteiger partial charge < -0.3 is 14.4 Å². The molecule has 0 N–H and O–H groups in total. The highest BCUT2D eigenvalue weighted by atomic mass is 35.5. The predicted octanol–water partition coefficient (Wildman–Crippen LogP) is 3.20. The summed E-state index contributed by atoms with van der Waals surface area (Å²) in [6.45, 7) is 0. The Morgan fingerprint density at radius 3 is 2.65 bits per heavy atom. The Kier molecular flexibility index (Phi) is 6.18. The molecule has 2 aromatic rings. The van der Waals surface area contributed by atoms with Crippen LogP contribution in [-0.4, -0.2) is 56.5 Å². The third-order valence-electron chi connectivity index (χ3n) is 5.18. The molecule has 0 saturated carbocycles. The molecule has 7 nitrogen and oxygen atoms in total. The van der Waals surface area contributed by atoms with Gasteiger partial charge in [0.25, 0.3) is 5.91 Å². The Morgan fingerprint density at radius 1 is 1.16 bits per heavy atom. The van der Waals surface area contributed by atoms with Gasteiger partial charge in [0.15, 0.2) is 26.5 Å². The van der Waals surface area contributed by atoms with Gasteiger partial charge in [-0.05, 0) is 35.9 Å². The zero-order valence-corrected chi connectivity index (χ0v) is 19.3. The van der Waals surface area contributed by atoms with Crippen molar-refractivity contribution >= 4 is 50.0 Å². The number of carbonyl (C=O) groups excluding carboxylic acids is 1. The van der Waals surface area contributed by atoms with Crippen LogP contribution in [0.15, 0.2) is 47.5 Å². The first-order valence-electron chi connectivity index (χ1n) is 9.54. The van der Waals surface area contributed by atoms with Crippen LogP contribution in [0, 0.1) is 0 Å². The number of hydrogen-bond donors (Lipinski definition) is 0. The van der Waals surface area contributed by atoms with Crippen LogP contribution in [-0.2, 0) is 21.1 Å². The zero-order valence-electron chi connectivity index (χ0n) is 16.9. The number of nitrogens with zero attached hydrogens (tertiary/aromatic N) is 2. The fourth-order valence-electron chi connectivity index (χ4n) is 3.80. The van der Waals surface area contributed by atoms with Gasteiger partial charge in [-0.3, -0.25) is 4.79 Å². The number of carbonyl (C=O) groups is 1. The smallest absolute Gasteiger partial charge is 0.252 e. The van der Waals surface area contributed by atoms with E-state index in [4.69, 9.17) is 21.1 Å². The maximum Gasteiger partial charge on any atom is 0.252 e. The molecule has 0 bridgehead atoms. The topological polar surface area (TPSA) is 85.3 Å². The van der Waals surface area contributed by atoms with Gasteiger partial charge >= 0.3 is 0 Å². The molecule has 164 valence electrons. The Balaban J connectivity index is 1.61. The van der Waals surface area contributed by atoms with E-state index in [1.54, 1.807) is 43.5 Å². The lowest BCUT2D eigenvalue weighted by Crippen LogP contribution is -2.37. The minimum Gasteiger partial charge on any atom is -0.493 e. The van der Waals surface area contributed by atoms with Crippen LogP contribution in [0.5, 0.6) is 11.5 Å². The molecule has 2 aliphatic heterocycles. The second kappa shape index (κ2) is 8.72. The summed E-state index contributed by atoms with van der Waals surface area (Å²) < 4.78 is 34.9. The molecular weight excluding hydrogens is 460 g/mol. The first-order valence-corrected chi connectivity index (χ1v) is 12.6. The minimum atomic E-state index is -3.13. The summed E-state index contributed by atoms with van der Waals surface area (Å²) in [6, 6.07) is 12.1. The van der Waals surface area contributed by atoms with Gasteiger partial charge in [-0.2, -0.15) is 4.99 Å². The molecule has 31 heavy (non-hydrogen) atoms. The number of aliphatic imine (C=N–C) groups is 1. The average Bonchev–Trinajstić information content (AvgIpc) is 3.18. The molecule has 0 radical (unpaired) electrons. The second-order valence-corrected chi connectivity index (χ2v) is 11.1. The maximum atomic E-state index is 12.8. The van der Waals surface area contributed by atoms with Crippen molar-refractivity contribution in [1.29, 1.82) is 0 Å². The highest BCUT2D eigenvalue weighted by molar-refractivity contribution is 8.16. The Hall–Kier alpha value is -2.23. The van der Waals surface area contributed by atoms with Crippen LogP contribution in [0.25, 0.3) is 0 Å². The van der Waals surface area contributed by atoms with E-state index >= 15 is 0 Å². The Morgan fingerprint density at radius 2 is 1.94 bits per heavy atom. The molecule has 2 heterocycles. The Labute approximate surface area is 190 Å². The van der Waals surface area contributed by atoms with Crippen LogP contribution >= 0.6 is 23.4 Å². The number of sulfone groups is 1. The number of anilines is 1. The summed E-state index contributed by atoms with van der Waals surface area (Å²) in [5.74, 6) is 0.889. The summed E-state index contributed by atoms with van der Waals surface area (Å²) in [6.07, 6.45) is 0.0848. The highest BCUT2D eigenvalue weighted by Gasteiger charge is 2.49. The van der Waals surface area contributed by atoms with E-state index in [1.165, 1.54) is 18.9 Å². The van der Waals surface area contributed by atoms with Gasteiger partial charge in [0, 0.05) is 16.0 Å². The van der Waals surface area contributed by atoms with Gasteiger partial charge in [-0.15, -0.1) is 0 Å². The minimum absolute atomic E-state index is 0.0278. The number of fused-ring (bicyclic) bond motifs is 1. The van der Waals surface area contributed by atoms with Crippen LogP contribution in [0.3, 0.4) is 0 Å². The highest BCUT2D eigenvalue weighted by Crippen LogP contribution is 2.41. The van der Waals surface area contributed by atoms with E-state index in [-0.39, 0.29) is 35.1 Å². The SMILES string of the molecule is COc1ccc(CC(=O)N=C2SC3CS(=O)(=O)CC3N2c2cccc(Cl)c2)cc1OC. The first kappa shape index (κ1) is 22.0. The lowest BCUT2D eigenvalue weighted by Gasteiger charge is -2.24. The number of amides is 1. The number of benzene rings is 2. The number of halogens is 1. The van der Waals surface area contributed by atoms with Crippen molar-refractivity contribution < 1.29 is 22.7 Å². The largest absolute Gasteiger partial charge is 0.493 e. The summed E-state index contributed by atoms with van der Waals surface area (Å²) in [5, 5.41) is 0.858. The zero-order chi connectivity index (χ0) is 22.2. The van der Waals surface area contributed by atoms with Crippen LogP contribution < -0.4 is 14.4 Å². The fourth-order valence-corrected chi connectivity index (χ4v) is 7.92. The van der Waals surface area contributed by atoms with E-state index < -0.39 is 9.84 Å². The van der Waals surface area contributed by atoms with E-state index in [2.05, 4.69) is 4.99 Å². The molecule has 1 amide bonds. The molecule has 2 aliphatic rings. The number of rotatable bonds is 5.